The summed E-state index contributed by atoms with van der Waals surface area (Å²) in [6, 6.07) is 14.1. The number of amides is 1. The number of nitrogens with zero attached hydrogens (tertiary/aromatic N) is 2. The summed E-state index contributed by atoms with van der Waals surface area (Å²) in [7, 11) is 0. The zero-order chi connectivity index (χ0) is 21.1. The van der Waals surface area contributed by atoms with E-state index in [4.69, 9.17) is 0 Å². The molecule has 0 saturated carbocycles. The molecule has 0 unspecified atom stereocenters. The Morgan fingerprint density at radius 3 is 2.48 bits per heavy atom. The molecular formula is C22H22N2O5. The third-order valence-corrected chi connectivity index (χ3v) is 4.79. The van der Waals surface area contributed by atoms with Gasteiger partial charge in [0.25, 0.3) is 11.6 Å². The topological polar surface area (TPSA) is 101 Å². The number of Topliss-reactive ketones (excluding diaryl/α,β-unsaturated/α-hetero) is 1. The molecule has 7 heteroatoms. The number of benzene rings is 2. The molecule has 1 aliphatic rings. The molecule has 7 nitrogen and oxygen atoms in total. The molecule has 1 aliphatic heterocycles. The van der Waals surface area contributed by atoms with Gasteiger partial charge in [-0.3, -0.25) is 19.7 Å². The minimum Gasteiger partial charge on any atom is -0.503 e. The Hall–Kier alpha value is -3.48. The summed E-state index contributed by atoms with van der Waals surface area (Å²) in [5.41, 5.74) is 1.10. The molecule has 0 spiro atoms. The molecule has 0 saturated heterocycles. The van der Waals surface area contributed by atoms with Gasteiger partial charge < -0.3 is 10.0 Å². The lowest BCUT2D eigenvalue weighted by atomic mass is 9.92. The Labute approximate surface area is 168 Å². The zero-order valence-electron chi connectivity index (χ0n) is 16.2. The van der Waals surface area contributed by atoms with E-state index in [1.165, 1.54) is 23.1 Å². The molecule has 150 valence electrons. The Morgan fingerprint density at radius 1 is 1.17 bits per heavy atom. The number of hydrogen-bond donors (Lipinski definition) is 1. The predicted molar refractivity (Wildman–Crippen MR) is 107 cm³/mol. The first kappa shape index (κ1) is 20.3. The largest absolute Gasteiger partial charge is 0.503 e. The van der Waals surface area contributed by atoms with Crippen LogP contribution in [0.25, 0.3) is 0 Å². The van der Waals surface area contributed by atoms with E-state index in [9.17, 15) is 24.8 Å². The summed E-state index contributed by atoms with van der Waals surface area (Å²) in [5.74, 6) is -1.54. The molecule has 1 N–H and O–H groups in total. The average Bonchev–Trinajstić information content (AvgIpc) is 2.93. The van der Waals surface area contributed by atoms with Gasteiger partial charge in [-0.1, -0.05) is 56.3 Å². The fraction of sp³-hybridized carbons (Fsp3) is 0.273. The Morgan fingerprint density at radius 2 is 1.86 bits per heavy atom. The molecule has 2 aromatic carbocycles. The second kappa shape index (κ2) is 8.26. The number of hydrogen-bond acceptors (Lipinski definition) is 5. The van der Waals surface area contributed by atoms with Gasteiger partial charge in [0.05, 0.1) is 16.5 Å². The van der Waals surface area contributed by atoms with Crippen LogP contribution in [0.5, 0.6) is 0 Å². The van der Waals surface area contributed by atoms with Gasteiger partial charge in [0.15, 0.2) is 11.5 Å². The lowest BCUT2D eigenvalue weighted by Crippen LogP contribution is -2.30. The van der Waals surface area contributed by atoms with Crippen molar-refractivity contribution in [1.82, 2.24) is 4.90 Å². The summed E-state index contributed by atoms with van der Waals surface area (Å²) in [6.45, 7) is 3.91. The predicted octanol–water partition coefficient (Wildman–Crippen LogP) is 4.11. The number of rotatable bonds is 7. The van der Waals surface area contributed by atoms with E-state index >= 15 is 0 Å². The molecule has 2 aromatic rings. The Balaban J connectivity index is 2.09. The maximum Gasteiger partial charge on any atom is 0.290 e. The van der Waals surface area contributed by atoms with Crippen LogP contribution in [0.3, 0.4) is 0 Å². The van der Waals surface area contributed by atoms with Crippen LogP contribution >= 0.6 is 0 Å². The van der Waals surface area contributed by atoms with Crippen LogP contribution in [0.2, 0.25) is 0 Å². The van der Waals surface area contributed by atoms with Gasteiger partial charge in [-0.15, -0.1) is 0 Å². The number of ketones is 1. The SMILES string of the molecule is CC(C)CC(=O)C1=C(O)C(=O)N(Cc2ccccc2)[C@H]1c1cccc([N+](=O)[O-])c1. The number of aliphatic hydroxyl groups excluding tert-OH is 1. The lowest BCUT2D eigenvalue weighted by Gasteiger charge is -2.27. The van der Waals surface area contributed by atoms with Crippen LogP contribution in [0.1, 0.15) is 37.4 Å². The second-order valence-corrected chi connectivity index (χ2v) is 7.46. The summed E-state index contributed by atoms with van der Waals surface area (Å²) in [5, 5.41) is 21.8. The normalized spacial score (nSPS) is 16.6. The highest BCUT2D eigenvalue weighted by Crippen LogP contribution is 2.40. The highest BCUT2D eigenvalue weighted by Gasteiger charge is 2.43. The monoisotopic (exact) mass is 394 g/mol. The minimum atomic E-state index is -0.881. The fourth-order valence-electron chi connectivity index (χ4n) is 3.52. The standard InChI is InChI=1S/C22H22N2O5/c1-14(2)11-18(25)19-20(16-9-6-10-17(12-16)24(28)29)23(22(27)21(19)26)13-15-7-4-3-5-8-15/h3-10,12,14,20,26H,11,13H2,1-2H3/t20-/m0/s1. The highest BCUT2D eigenvalue weighted by atomic mass is 16.6. The van der Waals surface area contributed by atoms with Crippen molar-refractivity contribution in [3.05, 3.63) is 87.2 Å². The van der Waals surface area contributed by atoms with Crippen LogP contribution in [-0.2, 0) is 16.1 Å². The van der Waals surface area contributed by atoms with E-state index in [1.54, 1.807) is 6.07 Å². The van der Waals surface area contributed by atoms with Gasteiger partial charge in [0, 0.05) is 25.1 Å². The molecule has 0 aromatic heterocycles. The number of non-ortho nitro benzene ring substituents is 1. The van der Waals surface area contributed by atoms with Crippen molar-refractivity contribution in [2.75, 3.05) is 0 Å². The van der Waals surface area contributed by atoms with E-state index < -0.39 is 22.6 Å². The van der Waals surface area contributed by atoms with E-state index in [2.05, 4.69) is 0 Å². The fourth-order valence-corrected chi connectivity index (χ4v) is 3.52. The van der Waals surface area contributed by atoms with Crippen LogP contribution < -0.4 is 0 Å². The van der Waals surface area contributed by atoms with Crippen LogP contribution in [0.15, 0.2) is 65.9 Å². The number of aliphatic hydroxyl groups is 1. The maximum atomic E-state index is 12.9. The van der Waals surface area contributed by atoms with Crippen molar-refractivity contribution in [3.63, 3.8) is 0 Å². The molecule has 1 atom stereocenters. The van der Waals surface area contributed by atoms with Gasteiger partial charge in [0.2, 0.25) is 0 Å². The molecule has 1 heterocycles. The molecule has 1 amide bonds. The average molecular weight is 394 g/mol. The molecule has 0 radical (unpaired) electrons. The van der Waals surface area contributed by atoms with Gasteiger partial charge >= 0.3 is 0 Å². The molecule has 3 rings (SSSR count). The van der Waals surface area contributed by atoms with Crippen LogP contribution in [-0.4, -0.2) is 26.6 Å². The molecule has 0 aliphatic carbocycles. The maximum absolute atomic E-state index is 12.9. The van der Waals surface area contributed by atoms with Crippen molar-refractivity contribution in [2.24, 2.45) is 5.92 Å². The van der Waals surface area contributed by atoms with Crippen LogP contribution in [0.4, 0.5) is 5.69 Å². The van der Waals surface area contributed by atoms with Crippen molar-refractivity contribution in [2.45, 2.75) is 32.9 Å². The van der Waals surface area contributed by atoms with Crippen molar-refractivity contribution in [1.29, 1.82) is 0 Å². The van der Waals surface area contributed by atoms with E-state index in [0.717, 1.165) is 5.56 Å². The van der Waals surface area contributed by atoms with Gasteiger partial charge in [0.1, 0.15) is 0 Å². The zero-order valence-corrected chi connectivity index (χ0v) is 16.2. The highest BCUT2D eigenvalue weighted by molar-refractivity contribution is 6.09. The Bertz CT molecular complexity index is 982. The quantitative estimate of drug-likeness (QED) is 0.563. The smallest absolute Gasteiger partial charge is 0.290 e. The van der Waals surface area contributed by atoms with E-state index in [1.807, 2.05) is 44.2 Å². The first-order chi connectivity index (χ1) is 13.8. The van der Waals surface area contributed by atoms with Gasteiger partial charge in [-0.25, -0.2) is 0 Å². The molecule has 0 bridgehead atoms. The summed E-state index contributed by atoms with van der Waals surface area (Å²) < 4.78 is 0. The minimum absolute atomic E-state index is 0.000120. The number of nitro groups is 1. The lowest BCUT2D eigenvalue weighted by molar-refractivity contribution is -0.384. The third-order valence-electron chi connectivity index (χ3n) is 4.79. The molecular weight excluding hydrogens is 372 g/mol. The number of nitro benzene ring substituents is 1. The number of carbonyl (C=O) groups excluding carboxylic acids is 2. The molecule has 29 heavy (non-hydrogen) atoms. The van der Waals surface area contributed by atoms with Crippen molar-refractivity contribution >= 4 is 17.4 Å². The number of carbonyl (C=O) groups is 2. The first-order valence-corrected chi connectivity index (χ1v) is 9.35. The summed E-state index contributed by atoms with van der Waals surface area (Å²) >= 11 is 0. The third kappa shape index (κ3) is 4.18. The van der Waals surface area contributed by atoms with Crippen molar-refractivity contribution in [3.8, 4) is 0 Å². The summed E-state index contributed by atoms with van der Waals surface area (Å²) in [4.78, 5) is 37.8. The van der Waals surface area contributed by atoms with Crippen LogP contribution in [0, 0.1) is 16.0 Å². The first-order valence-electron chi connectivity index (χ1n) is 9.35. The second-order valence-electron chi connectivity index (χ2n) is 7.46. The van der Waals surface area contributed by atoms with Gasteiger partial charge in [-0.05, 0) is 17.0 Å². The van der Waals surface area contributed by atoms with Gasteiger partial charge in [-0.2, -0.15) is 0 Å². The van der Waals surface area contributed by atoms with Crippen molar-refractivity contribution < 1.29 is 19.6 Å². The summed E-state index contributed by atoms with van der Waals surface area (Å²) in [6.07, 6.45) is 0.164. The Kier molecular flexibility index (Phi) is 5.77. The van der Waals surface area contributed by atoms with E-state index in [0.29, 0.717) is 5.56 Å². The van der Waals surface area contributed by atoms with E-state index in [-0.39, 0.29) is 35.9 Å². The molecule has 0 fully saturated rings.